The molecule has 1 unspecified atom stereocenters. The predicted molar refractivity (Wildman–Crippen MR) is 83.2 cm³/mol. The van der Waals surface area contributed by atoms with Crippen LogP contribution in [0.5, 0.6) is 0 Å². The first-order valence-corrected chi connectivity index (χ1v) is 7.22. The van der Waals surface area contributed by atoms with Gasteiger partial charge in [-0.3, -0.25) is 4.68 Å². The van der Waals surface area contributed by atoms with Crippen LogP contribution in [0.2, 0.25) is 10.0 Å². The van der Waals surface area contributed by atoms with Gasteiger partial charge < -0.3 is 10.6 Å². The molecular weight excluding hydrogens is 314 g/mol. The Labute approximate surface area is 133 Å². The van der Waals surface area contributed by atoms with Crippen LogP contribution in [0.1, 0.15) is 17.3 Å². The second-order valence-corrected chi connectivity index (χ2v) is 5.83. The van der Waals surface area contributed by atoms with Crippen molar-refractivity contribution in [3.63, 3.8) is 0 Å². The molecule has 0 bridgehead atoms. The second-order valence-electron chi connectivity index (χ2n) is 5.02. The Balaban J connectivity index is 2.39. The van der Waals surface area contributed by atoms with E-state index in [0.29, 0.717) is 17.3 Å². The largest absolute Gasteiger partial charge is 0.319 e. The molecule has 0 aliphatic rings. The molecule has 1 aromatic heterocycles. The molecular formula is C14H17Cl2FN4. The van der Waals surface area contributed by atoms with Crippen molar-refractivity contribution >= 4 is 23.2 Å². The van der Waals surface area contributed by atoms with Crippen LogP contribution in [-0.4, -0.2) is 35.3 Å². The average molecular weight is 331 g/mol. The molecule has 0 aliphatic heterocycles. The van der Waals surface area contributed by atoms with Gasteiger partial charge in [-0.1, -0.05) is 29.3 Å². The number of rotatable bonds is 5. The average Bonchev–Trinajstić information content (AvgIpc) is 2.77. The Morgan fingerprint density at radius 1 is 1.33 bits per heavy atom. The van der Waals surface area contributed by atoms with Crippen molar-refractivity contribution in [2.45, 2.75) is 12.6 Å². The highest BCUT2D eigenvalue weighted by atomic mass is 35.5. The summed E-state index contributed by atoms with van der Waals surface area (Å²) in [7, 11) is 3.91. The number of hydrogen-bond acceptors (Lipinski definition) is 3. The third-order valence-corrected chi connectivity index (χ3v) is 3.82. The van der Waals surface area contributed by atoms with E-state index in [1.807, 2.05) is 19.0 Å². The summed E-state index contributed by atoms with van der Waals surface area (Å²) in [4.78, 5) is 2.01. The van der Waals surface area contributed by atoms with Gasteiger partial charge in [-0.05, 0) is 26.2 Å². The van der Waals surface area contributed by atoms with Crippen LogP contribution in [0.4, 0.5) is 4.39 Å². The highest BCUT2D eigenvalue weighted by Gasteiger charge is 2.23. The van der Waals surface area contributed by atoms with Crippen molar-refractivity contribution in [3.8, 4) is 0 Å². The fraction of sp³-hybridized carbons (Fsp3) is 0.357. The molecule has 114 valence electrons. The summed E-state index contributed by atoms with van der Waals surface area (Å²) in [6.07, 6.45) is 1.52. The van der Waals surface area contributed by atoms with Crippen molar-refractivity contribution in [3.05, 3.63) is 51.5 Å². The molecule has 0 radical (unpaired) electrons. The molecule has 7 heteroatoms. The third-order valence-electron chi connectivity index (χ3n) is 3.20. The first kappa shape index (κ1) is 16.2. The lowest BCUT2D eigenvalue weighted by atomic mass is 10.0. The summed E-state index contributed by atoms with van der Waals surface area (Å²) in [5.41, 5.74) is 6.98. The number of likely N-dealkylation sites (N-methyl/N-ethyl adjacent to an activating group) is 1. The lowest BCUT2D eigenvalue weighted by Crippen LogP contribution is -2.24. The maximum Gasteiger partial charge on any atom is 0.129 e. The molecule has 2 rings (SSSR count). The minimum atomic E-state index is -0.768. The fourth-order valence-corrected chi connectivity index (χ4v) is 2.64. The summed E-state index contributed by atoms with van der Waals surface area (Å²) in [6.45, 7) is 1.37. The van der Waals surface area contributed by atoms with Crippen LogP contribution in [0.25, 0.3) is 0 Å². The van der Waals surface area contributed by atoms with Crippen LogP contribution in [0.15, 0.2) is 24.4 Å². The van der Waals surface area contributed by atoms with Gasteiger partial charge in [0.15, 0.2) is 0 Å². The molecule has 2 aromatic rings. The molecule has 0 spiro atoms. The summed E-state index contributed by atoms with van der Waals surface area (Å²) in [6, 6.07) is 3.71. The minimum absolute atomic E-state index is 0.229. The van der Waals surface area contributed by atoms with Crippen LogP contribution in [0, 0.1) is 5.82 Å². The van der Waals surface area contributed by atoms with Crippen molar-refractivity contribution in [1.82, 2.24) is 14.7 Å². The molecule has 21 heavy (non-hydrogen) atoms. The van der Waals surface area contributed by atoms with Gasteiger partial charge in [0.1, 0.15) is 5.82 Å². The molecule has 1 aromatic carbocycles. The summed E-state index contributed by atoms with van der Waals surface area (Å²) < 4.78 is 15.7. The van der Waals surface area contributed by atoms with Crippen LogP contribution in [-0.2, 0) is 6.54 Å². The van der Waals surface area contributed by atoms with Crippen LogP contribution >= 0.6 is 23.2 Å². The monoisotopic (exact) mass is 330 g/mol. The molecule has 1 atom stereocenters. The van der Waals surface area contributed by atoms with Gasteiger partial charge in [0.2, 0.25) is 0 Å². The SMILES string of the molecule is CN(C)CCn1ncc(Cl)c1C(N)c1c(F)cccc1Cl. The van der Waals surface area contributed by atoms with E-state index in [9.17, 15) is 4.39 Å². The molecule has 0 aliphatic carbocycles. The highest BCUT2D eigenvalue weighted by Crippen LogP contribution is 2.32. The Bertz CT molecular complexity index is 607. The Morgan fingerprint density at radius 2 is 2.05 bits per heavy atom. The first-order valence-electron chi connectivity index (χ1n) is 6.47. The maximum atomic E-state index is 14.0. The molecule has 1 heterocycles. The topological polar surface area (TPSA) is 47.1 Å². The maximum absolute atomic E-state index is 14.0. The van der Waals surface area contributed by atoms with E-state index in [0.717, 1.165) is 6.54 Å². The first-order chi connectivity index (χ1) is 9.91. The quantitative estimate of drug-likeness (QED) is 0.916. The van der Waals surface area contributed by atoms with Crippen molar-refractivity contribution in [1.29, 1.82) is 0 Å². The van der Waals surface area contributed by atoms with Gasteiger partial charge in [0.25, 0.3) is 0 Å². The normalized spacial score (nSPS) is 12.9. The zero-order valence-corrected chi connectivity index (χ0v) is 13.4. The molecule has 2 N–H and O–H groups in total. The second kappa shape index (κ2) is 6.75. The standard InChI is InChI=1S/C14H17Cl2FN4/c1-20(2)6-7-21-14(10(16)8-19-21)13(18)12-9(15)4-3-5-11(12)17/h3-5,8,13H,6-7,18H2,1-2H3. The highest BCUT2D eigenvalue weighted by molar-refractivity contribution is 6.32. The summed E-state index contributed by atoms with van der Waals surface area (Å²) in [5.74, 6) is -0.452. The fourth-order valence-electron chi connectivity index (χ4n) is 2.10. The number of halogens is 3. The van der Waals surface area contributed by atoms with Gasteiger partial charge in [0, 0.05) is 17.1 Å². The van der Waals surface area contributed by atoms with Crippen molar-refractivity contribution < 1.29 is 4.39 Å². The number of benzene rings is 1. The molecule has 4 nitrogen and oxygen atoms in total. The van der Waals surface area contributed by atoms with E-state index in [4.69, 9.17) is 28.9 Å². The number of aromatic nitrogens is 2. The van der Waals surface area contributed by atoms with E-state index in [1.165, 1.54) is 12.3 Å². The van der Waals surface area contributed by atoms with E-state index < -0.39 is 11.9 Å². The zero-order valence-electron chi connectivity index (χ0n) is 11.9. The Morgan fingerprint density at radius 3 is 2.67 bits per heavy atom. The molecule has 0 fully saturated rings. The van der Waals surface area contributed by atoms with Crippen LogP contribution < -0.4 is 5.73 Å². The Hall–Kier alpha value is -1.14. The smallest absolute Gasteiger partial charge is 0.129 e. The number of hydrogen-bond donors (Lipinski definition) is 1. The number of nitrogens with two attached hydrogens (primary N) is 1. The van der Waals surface area contributed by atoms with E-state index in [-0.39, 0.29) is 10.6 Å². The minimum Gasteiger partial charge on any atom is -0.319 e. The summed E-state index contributed by atoms with van der Waals surface area (Å²) >= 11 is 12.2. The number of nitrogens with zero attached hydrogens (tertiary/aromatic N) is 3. The van der Waals surface area contributed by atoms with E-state index in [1.54, 1.807) is 16.8 Å². The van der Waals surface area contributed by atoms with Gasteiger partial charge in [0.05, 0.1) is 29.5 Å². The lowest BCUT2D eigenvalue weighted by Gasteiger charge is -2.18. The van der Waals surface area contributed by atoms with Gasteiger partial charge in [-0.15, -0.1) is 0 Å². The van der Waals surface area contributed by atoms with Gasteiger partial charge in [-0.2, -0.15) is 5.10 Å². The zero-order chi connectivity index (χ0) is 15.6. The molecule has 0 saturated heterocycles. The predicted octanol–water partition coefficient (Wildman–Crippen LogP) is 2.94. The van der Waals surface area contributed by atoms with Crippen LogP contribution in [0.3, 0.4) is 0 Å². The van der Waals surface area contributed by atoms with Crippen molar-refractivity contribution in [2.24, 2.45) is 5.73 Å². The lowest BCUT2D eigenvalue weighted by molar-refractivity contribution is 0.367. The Kier molecular flexibility index (Phi) is 5.22. The third kappa shape index (κ3) is 3.55. The molecule has 0 amide bonds. The summed E-state index contributed by atoms with van der Waals surface area (Å²) in [5, 5.41) is 4.89. The van der Waals surface area contributed by atoms with Gasteiger partial charge >= 0.3 is 0 Å². The van der Waals surface area contributed by atoms with Crippen molar-refractivity contribution in [2.75, 3.05) is 20.6 Å². The molecule has 0 saturated carbocycles. The van der Waals surface area contributed by atoms with E-state index >= 15 is 0 Å². The van der Waals surface area contributed by atoms with Gasteiger partial charge in [-0.25, -0.2) is 4.39 Å². The van der Waals surface area contributed by atoms with E-state index in [2.05, 4.69) is 5.10 Å².